The van der Waals surface area contributed by atoms with Gasteiger partial charge in [-0.1, -0.05) is 23.9 Å². The van der Waals surface area contributed by atoms with Crippen molar-refractivity contribution in [1.82, 2.24) is 0 Å². The summed E-state index contributed by atoms with van der Waals surface area (Å²) in [5, 5.41) is 9.36. The van der Waals surface area contributed by atoms with Crippen LogP contribution in [0.5, 0.6) is 0 Å². The zero-order valence-corrected chi connectivity index (χ0v) is 16.5. The Morgan fingerprint density at radius 3 is 2.38 bits per heavy atom. The van der Waals surface area contributed by atoms with Crippen molar-refractivity contribution >= 4 is 40.6 Å². The molecule has 0 aromatic carbocycles. The lowest BCUT2D eigenvalue weighted by molar-refractivity contribution is -0.154. The zero-order valence-electron chi connectivity index (χ0n) is 15.7. The number of thioether (sulfide) groups is 1. The van der Waals surface area contributed by atoms with Crippen molar-refractivity contribution in [3.05, 3.63) is 12.2 Å². The minimum absolute atomic E-state index is 0.0132. The summed E-state index contributed by atoms with van der Waals surface area (Å²) in [6, 6.07) is 0. The maximum absolute atomic E-state index is 12.7. The molecule has 1 aliphatic heterocycles. The van der Waals surface area contributed by atoms with Gasteiger partial charge in [0.1, 0.15) is 5.78 Å². The van der Waals surface area contributed by atoms with E-state index in [1.807, 2.05) is 12.2 Å². The highest BCUT2D eigenvalue weighted by Gasteiger charge is 2.63. The number of ether oxygens (including phenoxy) is 1. The number of rotatable bonds is 6. The first-order chi connectivity index (χ1) is 13.8. The molecule has 8 heteroatoms. The summed E-state index contributed by atoms with van der Waals surface area (Å²) in [4.78, 5) is 60.5. The molecule has 0 spiro atoms. The summed E-state index contributed by atoms with van der Waals surface area (Å²) in [7, 11) is 0. The van der Waals surface area contributed by atoms with Crippen LogP contribution in [0.2, 0.25) is 0 Å². The van der Waals surface area contributed by atoms with Gasteiger partial charge < -0.3 is 9.84 Å². The summed E-state index contributed by atoms with van der Waals surface area (Å²) in [5.74, 6) is -3.89. The highest BCUT2D eigenvalue weighted by molar-refractivity contribution is 8.14. The van der Waals surface area contributed by atoms with Crippen LogP contribution in [0, 0.1) is 47.3 Å². The first-order valence-corrected chi connectivity index (χ1v) is 11.1. The van der Waals surface area contributed by atoms with Crippen molar-refractivity contribution in [3.63, 3.8) is 0 Å². The molecule has 5 aliphatic rings. The number of fused-ring (bicyclic) bond motifs is 7. The maximum atomic E-state index is 12.7. The lowest BCUT2D eigenvalue weighted by Gasteiger charge is -2.26. The average molecular weight is 418 g/mol. The molecule has 5 rings (SSSR count). The van der Waals surface area contributed by atoms with Crippen molar-refractivity contribution in [2.75, 3.05) is 0 Å². The molecule has 1 N–H and O–H groups in total. The standard InChI is InChI=1S/C21H22O7S/c22-12(15-8-1-2-9(5-8)16(15)19(24)25)3-4-14(23)29-13-7-10-6-11(13)18-17(10)20(26)28-21(18)27/h1-2,8-11,13,15-18H,3-7H2,(H,24,25). The quantitative estimate of drug-likeness (QED) is 0.395. The number of carbonyl (C=O) groups excluding carboxylic acids is 4. The third kappa shape index (κ3) is 2.90. The molecule has 3 saturated carbocycles. The molecular formula is C21H22O7S. The first-order valence-electron chi connectivity index (χ1n) is 10.2. The second-order valence-corrected chi connectivity index (χ2v) is 10.3. The molecule has 0 aromatic rings. The maximum Gasteiger partial charge on any atom is 0.317 e. The highest BCUT2D eigenvalue weighted by Crippen LogP contribution is 2.58. The zero-order chi connectivity index (χ0) is 20.4. The van der Waals surface area contributed by atoms with Gasteiger partial charge in [-0.3, -0.25) is 24.0 Å². The minimum Gasteiger partial charge on any atom is -0.481 e. The molecule has 0 amide bonds. The van der Waals surface area contributed by atoms with Gasteiger partial charge in [-0.05, 0) is 42.9 Å². The number of hydrogen-bond acceptors (Lipinski definition) is 7. The van der Waals surface area contributed by atoms with Gasteiger partial charge in [0.25, 0.3) is 0 Å². The third-order valence-electron chi connectivity index (χ3n) is 7.66. The van der Waals surface area contributed by atoms with Gasteiger partial charge in [0, 0.05) is 24.0 Å². The number of esters is 2. The summed E-state index contributed by atoms with van der Waals surface area (Å²) in [6.07, 6.45) is 6.18. The molecule has 1 heterocycles. The van der Waals surface area contributed by atoms with Gasteiger partial charge >= 0.3 is 17.9 Å². The number of carbonyl (C=O) groups is 5. The average Bonchev–Trinajstić information content (AvgIpc) is 3.45. The van der Waals surface area contributed by atoms with Crippen molar-refractivity contribution in [3.8, 4) is 0 Å². The van der Waals surface area contributed by atoms with Crippen LogP contribution in [0.15, 0.2) is 12.2 Å². The Labute approximate surface area is 171 Å². The summed E-state index contributed by atoms with van der Waals surface area (Å²) < 4.78 is 4.78. The Balaban J connectivity index is 1.16. The van der Waals surface area contributed by atoms with Crippen LogP contribution in [0.1, 0.15) is 32.1 Å². The smallest absolute Gasteiger partial charge is 0.317 e. The Morgan fingerprint density at radius 1 is 0.966 bits per heavy atom. The van der Waals surface area contributed by atoms with Crippen LogP contribution in [-0.2, 0) is 28.7 Å². The van der Waals surface area contributed by atoms with E-state index in [0.717, 1.165) is 12.8 Å². The molecule has 1 saturated heterocycles. The lowest BCUT2D eigenvalue weighted by atomic mass is 9.79. The summed E-state index contributed by atoms with van der Waals surface area (Å²) >= 11 is 1.19. The second-order valence-electron chi connectivity index (χ2n) is 9.02. The number of carboxylic acid groups (broad SMARTS) is 1. The number of Topliss-reactive ketones (excluding diaryl/α,β-unsaturated/α-hetero) is 1. The normalized spacial score (nSPS) is 43.7. The van der Waals surface area contributed by atoms with Crippen LogP contribution >= 0.6 is 11.8 Å². The third-order valence-corrected chi connectivity index (χ3v) is 8.98. The molecular weight excluding hydrogens is 396 g/mol. The number of cyclic esters (lactones) is 2. The van der Waals surface area contributed by atoms with E-state index in [-0.39, 0.29) is 58.6 Å². The predicted molar refractivity (Wildman–Crippen MR) is 100 cm³/mol. The Morgan fingerprint density at radius 2 is 1.66 bits per heavy atom. The van der Waals surface area contributed by atoms with E-state index < -0.39 is 35.7 Å². The van der Waals surface area contributed by atoms with Gasteiger partial charge in [-0.15, -0.1) is 0 Å². The van der Waals surface area contributed by atoms with Crippen LogP contribution < -0.4 is 0 Å². The SMILES string of the molecule is O=C(CCC(=O)C1C2C=CC(C2)C1C(=O)O)SC1CC2CC1C1C(=O)OC(=O)C21. The molecule has 9 atom stereocenters. The van der Waals surface area contributed by atoms with E-state index in [1.165, 1.54) is 11.8 Å². The predicted octanol–water partition coefficient (Wildman–Crippen LogP) is 1.84. The van der Waals surface area contributed by atoms with Gasteiger partial charge in [0.2, 0.25) is 0 Å². The fourth-order valence-corrected chi connectivity index (χ4v) is 7.91. The molecule has 154 valence electrons. The van der Waals surface area contributed by atoms with Crippen LogP contribution in [0.3, 0.4) is 0 Å². The Kier molecular flexibility index (Phi) is 4.46. The largest absolute Gasteiger partial charge is 0.481 e. The summed E-state index contributed by atoms with van der Waals surface area (Å²) in [6.45, 7) is 0. The van der Waals surface area contributed by atoms with E-state index in [0.29, 0.717) is 6.42 Å². The van der Waals surface area contributed by atoms with Crippen molar-refractivity contribution in [2.45, 2.75) is 37.4 Å². The number of hydrogen-bond donors (Lipinski definition) is 1. The highest BCUT2D eigenvalue weighted by atomic mass is 32.2. The molecule has 4 aliphatic carbocycles. The monoisotopic (exact) mass is 418 g/mol. The number of aliphatic carboxylic acids is 1. The molecule has 0 radical (unpaired) electrons. The molecule has 0 aromatic heterocycles. The van der Waals surface area contributed by atoms with Crippen molar-refractivity contribution < 1.29 is 33.8 Å². The lowest BCUT2D eigenvalue weighted by Crippen LogP contribution is -2.33. The van der Waals surface area contributed by atoms with E-state index in [2.05, 4.69) is 0 Å². The fraction of sp³-hybridized carbons (Fsp3) is 0.667. The number of carboxylic acids is 1. The van der Waals surface area contributed by atoms with Crippen molar-refractivity contribution in [2.24, 2.45) is 47.3 Å². The van der Waals surface area contributed by atoms with E-state index >= 15 is 0 Å². The number of allylic oxidation sites excluding steroid dienone is 2. The Hall–Kier alpha value is -1.96. The molecule has 4 fully saturated rings. The van der Waals surface area contributed by atoms with Crippen LogP contribution in [-0.4, -0.2) is 39.2 Å². The topological polar surface area (TPSA) is 115 Å². The molecule has 4 bridgehead atoms. The van der Waals surface area contributed by atoms with Crippen molar-refractivity contribution in [1.29, 1.82) is 0 Å². The summed E-state index contributed by atoms with van der Waals surface area (Å²) in [5.41, 5.74) is 0. The minimum atomic E-state index is -0.935. The van der Waals surface area contributed by atoms with Gasteiger partial charge in [-0.2, -0.15) is 0 Å². The second kappa shape index (κ2) is 6.79. The van der Waals surface area contributed by atoms with E-state index in [4.69, 9.17) is 4.74 Å². The van der Waals surface area contributed by atoms with E-state index in [9.17, 15) is 29.1 Å². The van der Waals surface area contributed by atoms with Gasteiger partial charge in [-0.25, -0.2) is 0 Å². The molecule has 9 unspecified atom stereocenters. The van der Waals surface area contributed by atoms with E-state index in [1.54, 1.807) is 0 Å². The number of ketones is 1. The molecule has 29 heavy (non-hydrogen) atoms. The molecule has 7 nitrogen and oxygen atoms in total. The fourth-order valence-electron chi connectivity index (χ4n) is 6.55. The first kappa shape index (κ1) is 19.0. The van der Waals surface area contributed by atoms with Crippen LogP contribution in [0.25, 0.3) is 0 Å². The Bertz CT molecular complexity index is 848. The van der Waals surface area contributed by atoms with Crippen LogP contribution in [0.4, 0.5) is 0 Å². The van der Waals surface area contributed by atoms with Gasteiger partial charge in [0.15, 0.2) is 5.12 Å². The van der Waals surface area contributed by atoms with Gasteiger partial charge in [0.05, 0.1) is 17.8 Å².